The molecule has 0 bridgehead atoms. The molecule has 1 fully saturated rings. The number of anilines is 1. The van der Waals surface area contributed by atoms with Gasteiger partial charge >= 0.3 is 0 Å². The van der Waals surface area contributed by atoms with Crippen LogP contribution in [-0.2, 0) is 4.74 Å². The summed E-state index contributed by atoms with van der Waals surface area (Å²) in [5.41, 5.74) is 10.1. The first-order valence-electron chi connectivity index (χ1n) is 13.6. The SMILES string of the molecule is Cc1cccc(C)c1N=c1scc(-c2ccc(-c3ccccc3)cc2)n1/N=C\c1ccc(N2CCOCC2)cc1. The third-order valence-electron chi connectivity index (χ3n) is 7.21. The maximum Gasteiger partial charge on any atom is 0.211 e. The first kappa shape index (κ1) is 26.0. The van der Waals surface area contributed by atoms with E-state index in [1.54, 1.807) is 11.3 Å². The van der Waals surface area contributed by atoms with Crippen LogP contribution in [0.25, 0.3) is 22.4 Å². The maximum absolute atomic E-state index is 5.50. The van der Waals surface area contributed by atoms with E-state index in [1.165, 1.54) is 16.8 Å². The summed E-state index contributed by atoms with van der Waals surface area (Å²) in [6.45, 7) is 7.61. The number of thiazole rings is 1. The van der Waals surface area contributed by atoms with Crippen LogP contribution < -0.4 is 9.70 Å². The normalized spacial score (nSPS) is 14.2. The van der Waals surface area contributed by atoms with Gasteiger partial charge in [-0.2, -0.15) is 5.10 Å². The van der Waals surface area contributed by atoms with Crippen molar-refractivity contribution < 1.29 is 4.74 Å². The number of aryl methyl sites for hydroxylation is 2. The Morgan fingerprint density at radius 2 is 1.38 bits per heavy atom. The zero-order valence-corrected chi connectivity index (χ0v) is 23.6. The first-order chi connectivity index (χ1) is 19.7. The van der Waals surface area contributed by atoms with Crippen LogP contribution in [0.3, 0.4) is 0 Å². The summed E-state index contributed by atoms with van der Waals surface area (Å²) < 4.78 is 7.46. The molecule has 6 heteroatoms. The molecule has 0 spiro atoms. The molecule has 0 unspecified atom stereocenters. The number of ether oxygens (including phenoxy) is 1. The van der Waals surface area contributed by atoms with E-state index in [0.717, 1.165) is 64.7 Å². The highest BCUT2D eigenvalue weighted by Gasteiger charge is 2.12. The predicted molar refractivity (Wildman–Crippen MR) is 167 cm³/mol. The van der Waals surface area contributed by atoms with Crippen molar-refractivity contribution in [1.82, 2.24) is 4.68 Å². The van der Waals surface area contributed by atoms with Crippen LogP contribution in [-0.4, -0.2) is 37.2 Å². The molecule has 1 aliphatic heterocycles. The Hall–Kier alpha value is -4.26. The molecule has 2 heterocycles. The molecule has 0 radical (unpaired) electrons. The van der Waals surface area contributed by atoms with Crippen molar-refractivity contribution in [2.24, 2.45) is 10.1 Å². The van der Waals surface area contributed by atoms with E-state index in [9.17, 15) is 0 Å². The molecule has 40 heavy (non-hydrogen) atoms. The molecule has 5 aromatic rings. The maximum atomic E-state index is 5.50. The van der Waals surface area contributed by atoms with Gasteiger partial charge < -0.3 is 9.64 Å². The fraction of sp³-hybridized carbons (Fsp3) is 0.176. The molecule has 0 saturated carbocycles. The standard InChI is InChI=1S/C34H32N4OS/c1-25-7-6-8-26(2)33(25)36-34-38(35-23-27-11-17-31(18-12-27)37-19-21-39-22-20-37)32(24-40-34)30-15-13-29(14-16-30)28-9-4-3-5-10-28/h3-18,23-24H,19-22H2,1-2H3/b35-23-,36-34?. The molecule has 200 valence electrons. The molecule has 1 aliphatic rings. The fourth-order valence-electron chi connectivity index (χ4n) is 4.95. The van der Waals surface area contributed by atoms with E-state index in [1.807, 2.05) is 17.0 Å². The lowest BCUT2D eigenvalue weighted by atomic mass is 10.0. The second-order valence-electron chi connectivity index (χ2n) is 9.95. The molecule has 0 N–H and O–H groups in total. The van der Waals surface area contributed by atoms with Gasteiger partial charge in [0.05, 0.1) is 30.8 Å². The van der Waals surface area contributed by atoms with Crippen molar-refractivity contribution in [3.05, 3.63) is 124 Å². The van der Waals surface area contributed by atoms with Gasteiger partial charge in [-0.3, -0.25) is 0 Å². The molecule has 0 amide bonds. The number of nitrogens with zero attached hydrogens (tertiary/aromatic N) is 4. The fourth-order valence-corrected chi connectivity index (χ4v) is 5.79. The van der Waals surface area contributed by atoms with Crippen molar-refractivity contribution in [3.8, 4) is 22.4 Å². The lowest BCUT2D eigenvalue weighted by Crippen LogP contribution is -2.36. The van der Waals surface area contributed by atoms with Gasteiger partial charge in [0.25, 0.3) is 0 Å². The van der Waals surface area contributed by atoms with Crippen molar-refractivity contribution >= 4 is 28.9 Å². The van der Waals surface area contributed by atoms with Crippen LogP contribution in [0.4, 0.5) is 11.4 Å². The van der Waals surface area contributed by atoms with Crippen molar-refractivity contribution in [1.29, 1.82) is 0 Å². The Morgan fingerprint density at radius 1 is 0.725 bits per heavy atom. The molecule has 0 atom stereocenters. The minimum absolute atomic E-state index is 0.778. The van der Waals surface area contributed by atoms with E-state index < -0.39 is 0 Å². The summed E-state index contributed by atoms with van der Waals surface area (Å²) in [7, 11) is 0. The monoisotopic (exact) mass is 544 g/mol. The lowest BCUT2D eigenvalue weighted by Gasteiger charge is -2.28. The average Bonchev–Trinajstić information content (AvgIpc) is 3.41. The third-order valence-corrected chi connectivity index (χ3v) is 8.03. The molecular formula is C34H32N4OS. The lowest BCUT2D eigenvalue weighted by molar-refractivity contribution is 0.122. The van der Waals surface area contributed by atoms with Crippen LogP contribution in [0.2, 0.25) is 0 Å². The Morgan fingerprint density at radius 3 is 2.08 bits per heavy atom. The van der Waals surface area contributed by atoms with Gasteiger partial charge in [-0.05, 0) is 53.8 Å². The number of benzene rings is 4. The van der Waals surface area contributed by atoms with Gasteiger partial charge in [0.15, 0.2) is 0 Å². The van der Waals surface area contributed by atoms with Crippen LogP contribution in [0, 0.1) is 13.8 Å². The zero-order valence-electron chi connectivity index (χ0n) is 22.8. The first-order valence-corrected chi connectivity index (χ1v) is 14.5. The number of hydrogen-bond acceptors (Lipinski definition) is 5. The summed E-state index contributed by atoms with van der Waals surface area (Å²) in [4.78, 5) is 8.28. The minimum Gasteiger partial charge on any atom is -0.378 e. The zero-order chi connectivity index (χ0) is 27.3. The average molecular weight is 545 g/mol. The van der Waals surface area contributed by atoms with Crippen LogP contribution >= 0.6 is 11.3 Å². The summed E-state index contributed by atoms with van der Waals surface area (Å²) >= 11 is 1.60. The topological polar surface area (TPSA) is 42.1 Å². The molecule has 0 aliphatic carbocycles. The molecule has 1 aromatic heterocycles. The van der Waals surface area contributed by atoms with Crippen molar-refractivity contribution in [3.63, 3.8) is 0 Å². The Balaban J connectivity index is 1.37. The van der Waals surface area contributed by atoms with E-state index >= 15 is 0 Å². The van der Waals surface area contributed by atoms with Gasteiger partial charge in [0.2, 0.25) is 4.80 Å². The summed E-state index contributed by atoms with van der Waals surface area (Å²) in [6.07, 6.45) is 1.92. The van der Waals surface area contributed by atoms with E-state index in [0.29, 0.717) is 0 Å². The predicted octanol–water partition coefficient (Wildman–Crippen LogP) is 7.45. The Labute approximate surface area is 239 Å². The van der Waals surface area contributed by atoms with Gasteiger partial charge in [0, 0.05) is 29.7 Å². The quantitative estimate of drug-likeness (QED) is 0.208. The summed E-state index contributed by atoms with van der Waals surface area (Å²) in [5.74, 6) is 0. The summed E-state index contributed by atoms with van der Waals surface area (Å²) in [6, 6.07) is 34.0. The van der Waals surface area contributed by atoms with E-state index in [4.69, 9.17) is 14.8 Å². The number of aromatic nitrogens is 1. The van der Waals surface area contributed by atoms with Gasteiger partial charge in [0.1, 0.15) is 0 Å². The number of para-hydroxylation sites is 1. The molecule has 6 rings (SSSR count). The highest BCUT2D eigenvalue weighted by atomic mass is 32.1. The molecule has 5 nitrogen and oxygen atoms in total. The highest BCUT2D eigenvalue weighted by molar-refractivity contribution is 7.07. The molecule has 1 saturated heterocycles. The van der Waals surface area contributed by atoms with E-state index in [2.05, 4.69) is 115 Å². The smallest absolute Gasteiger partial charge is 0.211 e. The van der Waals surface area contributed by atoms with Crippen LogP contribution in [0.5, 0.6) is 0 Å². The summed E-state index contributed by atoms with van der Waals surface area (Å²) in [5, 5.41) is 7.11. The third kappa shape index (κ3) is 5.69. The van der Waals surface area contributed by atoms with Gasteiger partial charge in [-0.15, -0.1) is 11.3 Å². The second-order valence-corrected chi connectivity index (χ2v) is 10.8. The largest absolute Gasteiger partial charge is 0.378 e. The Bertz CT molecular complexity index is 1660. The number of morpholine rings is 1. The van der Waals surface area contributed by atoms with Crippen LogP contribution in [0.15, 0.2) is 113 Å². The molecule has 4 aromatic carbocycles. The Kier molecular flexibility index (Phi) is 7.71. The van der Waals surface area contributed by atoms with Crippen molar-refractivity contribution in [2.45, 2.75) is 13.8 Å². The van der Waals surface area contributed by atoms with E-state index in [-0.39, 0.29) is 0 Å². The number of rotatable bonds is 6. The highest BCUT2D eigenvalue weighted by Crippen LogP contribution is 2.27. The number of hydrogen-bond donors (Lipinski definition) is 0. The minimum atomic E-state index is 0.778. The van der Waals surface area contributed by atoms with Gasteiger partial charge in [-0.25, -0.2) is 9.67 Å². The molecular weight excluding hydrogens is 512 g/mol. The van der Waals surface area contributed by atoms with Gasteiger partial charge in [-0.1, -0.05) is 84.9 Å². The second kappa shape index (κ2) is 11.9. The van der Waals surface area contributed by atoms with Crippen molar-refractivity contribution in [2.75, 3.05) is 31.2 Å². The van der Waals surface area contributed by atoms with Crippen LogP contribution in [0.1, 0.15) is 16.7 Å².